The van der Waals surface area contributed by atoms with Crippen LogP contribution < -0.4 is 14.8 Å². The molecule has 5 aliphatic carbocycles. The molecule has 3 atom stereocenters. The number of fused-ring (bicyclic) bond motifs is 4. The van der Waals surface area contributed by atoms with Gasteiger partial charge in [0, 0.05) is 11.6 Å². The molecule has 3 heteroatoms. The van der Waals surface area contributed by atoms with Gasteiger partial charge in [0.05, 0.1) is 6.04 Å². The quantitative estimate of drug-likeness (QED) is 0.543. The lowest BCUT2D eigenvalue weighted by molar-refractivity contribution is -0.00523. The van der Waals surface area contributed by atoms with Gasteiger partial charge < -0.3 is 14.8 Å². The zero-order chi connectivity index (χ0) is 20.9. The number of allylic oxidation sites excluding steroid dienone is 2. The summed E-state index contributed by atoms with van der Waals surface area (Å²) >= 11 is 0. The number of ether oxygens (including phenoxy) is 2. The molecule has 0 saturated heterocycles. The van der Waals surface area contributed by atoms with E-state index in [1.165, 1.54) is 55.3 Å². The summed E-state index contributed by atoms with van der Waals surface area (Å²) < 4.78 is 11.2. The van der Waals surface area contributed by atoms with Crippen LogP contribution in [-0.4, -0.2) is 6.79 Å². The second-order valence-corrected chi connectivity index (χ2v) is 11.6. The van der Waals surface area contributed by atoms with Crippen molar-refractivity contribution >= 4 is 5.69 Å². The Morgan fingerprint density at radius 3 is 2.44 bits per heavy atom. The van der Waals surface area contributed by atoms with Gasteiger partial charge in [-0.3, -0.25) is 0 Å². The molecule has 164 valence electrons. The lowest BCUT2D eigenvalue weighted by Crippen LogP contribution is -2.48. The van der Waals surface area contributed by atoms with Crippen LogP contribution in [0.1, 0.15) is 73.6 Å². The minimum Gasteiger partial charge on any atom is -0.454 e. The van der Waals surface area contributed by atoms with Crippen LogP contribution in [0.4, 0.5) is 5.69 Å². The zero-order valence-electron chi connectivity index (χ0n) is 18.6. The van der Waals surface area contributed by atoms with E-state index < -0.39 is 0 Å². The van der Waals surface area contributed by atoms with Crippen LogP contribution in [0.15, 0.2) is 48.6 Å². The molecule has 4 fully saturated rings. The summed E-state index contributed by atoms with van der Waals surface area (Å²) in [4.78, 5) is 0. The zero-order valence-corrected chi connectivity index (χ0v) is 18.6. The smallest absolute Gasteiger partial charge is 0.231 e. The summed E-state index contributed by atoms with van der Waals surface area (Å²) in [7, 11) is 0. The Hall–Kier alpha value is -2.42. The molecular formula is C29H31NO2. The average Bonchev–Trinajstić information content (AvgIpc) is 3.46. The molecule has 3 nitrogen and oxygen atoms in total. The molecule has 9 rings (SSSR count). The first-order chi connectivity index (χ1) is 15.7. The minimum absolute atomic E-state index is 0.308. The van der Waals surface area contributed by atoms with Gasteiger partial charge >= 0.3 is 0 Å². The molecule has 2 aromatic rings. The Morgan fingerprint density at radius 2 is 1.62 bits per heavy atom. The number of hydrogen-bond acceptors (Lipinski definition) is 3. The van der Waals surface area contributed by atoms with Gasteiger partial charge in [-0.2, -0.15) is 0 Å². The van der Waals surface area contributed by atoms with Gasteiger partial charge in [-0.05, 0) is 109 Å². The van der Waals surface area contributed by atoms with Gasteiger partial charge in [-0.15, -0.1) is 0 Å². The van der Waals surface area contributed by atoms with Gasteiger partial charge in [0.15, 0.2) is 11.5 Å². The molecule has 4 bridgehead atoms. The van der Waals surface area contributed by atoms with Crippen molar-refractivity contribution in [3.8, 4) is 11.5 Å². The first-order valence-electron chi connectivity index (χ1n) is 12.7. The van der Waals surface area contributed by atoms with Crippen molar-refractivity contribution in [3.63, 3.8) is 0 Å². The minimum atomic E-state index is 0.308. The third-order valence-electron chi connectivity index (χ3n) is 9.77. The summed E-state index contributed by atoms with van der Waals surface area (Å²) in [6, 6.07) is 14.3. The molecule has 1 N–H and O–H groups in total. The second kappa shape index (κ2) is 6.34. The number of benzene rings is 2. The van der Waals surface area contributed by atoms with E-state index in [0.29, 0.717) is 30.1 Å². The predicted octanol–water partition coefficient (Wildman–Crippen LogP) is 6.71. The van der Waals surface area contributed by atoms with Crippen molar-refractivity contribution in [2.75, 3.05) is 12.1 Å². The highest BCUT2D eigenvalue weighted by atomic mass is 16.7. The Morgan fingerprint density at radius 1 is 0.844 bits per heavy atom. The van der Waals surface area contributed by atoms with Gasteiger partial charge in [0.1, 0.15) is 0 Å². The maximum atomic E-state index is 5.68. The molecule has 0 amide bonds. The molecule has 0 spiro atoms. The topological polar surface area (TPSA) is 30.5 Å². The number of hydrogen-bond donors (Lipinski definition) is 1. The number of nitrogens with one attached hydrogen (secondary N) is 1. The Balaban J connectivity index is 1.17. The monoisotopic (exact) mass is 425 g/mol. The molecule has 2 aliphatic heterocycles. The molecule has 0 aromatic heterocycles. The standard InChI is InChI=1S/C29H31NO2/c1-2-22-23(3-1)28(20-4-7-26-27(11-20)32-16-31-26)30-25-6-5-21(12-24(22)25)29-13-17-8-18(14-29)10-19(9-17)15-29/h1-2,4-7,11-12,17-19,22-23,28,30H,3,8-10,13-16H2/t17?,18?,19?,22-,23+,28+,29?/m1/s1. The third-order valence-corrected chi connectivity index (χ3v) is 9.77. The summed E-state index contributed by atoms with van der Waals surface area (Å²) in [6.07, 6.45) is 14.9. The van der Waals surface area contributed by atoms with Crippen LogP contribution in [0.2, 0.25) is 0 Å². The van der Waals surface area contributed by atoms with Crippen LogP contribution in [-0.2, 0) is 5.41 Å². The first-order valence-corrected chi connectivity index (χ1v) is 12.7. The van der Waals surface area contributed by atoms with Gasteiger partial charge in [-0.1, -0.05) is 30.4 Å². The fourth-order valence-electron chi connectivity index (χ4n) is 8.83. The van der Waals surface area contributed by atoms with Crippen LogP contribution in [0.5, 0.6) is 11.5 Å². The van der Waals surface area contributed by atoms with E-state index in [2.05, 4.69) is 53.9 Å². The highest BCUT2D eigenvalue weighted by molar-refractivity contribution is 5.62. The molecular weight excluding hydrogens is 394 g/mol. The van der Waals surface area contributed by atoms with Crippen molar-refractivity contribution in [1.29, 1.82) is 0 Å². The first kappa shape index (κ1) is 18.1. The summed E-state index contributed by atoms with van der Waals surface area (Å²) in [6.45, 7) is 0.334. The Kier molecular flexibility index (Phi) is 3.57. The van der Waals surface area contributed by atoms with E-state index in [1.54, 1.807) is 5.56 Å². The fourth-order valence-corrected chi connectivity index (χ4v) is 8.83. The lowest BCUT2D eigenvalue weighted by atomic mass is 9.48. The Bertz CT molecular complexity index is 1100. The lowest BCUT2D eigenvalue weighted by Gasteiger charge is -2.57. The maximum absolute atomic E-state index is 5.68. The number of rotatable bonds is 2. The normalized spacial score (nSPS) is 39.6. The molecule has 32 heavy (non-hydrogen) atoms. The van der Waals surface area contributed by atoms with Crippen LogP contribution in [0.25, 0.3) is 0 Å². The third kappa shape index (κ3) is 2.48. The van der Waals surface area contributed by atoms with E-state index in [4.69, 9.17) is 9.47 Å². The molecule has 2 heterocycles. The van der Waals surface area contributed by atoms with E-state index >= 15 is 0 Å². The number of anilines is 1. The molecule has 4 saturated carbocycles. The maximum Gasteiger partial charge on any atom is 0.231 e. The van der Waals surface area contributed by atoms with Crippen LogP contribution in [0, 0.1) is 23.7 Å². The summed E-state index contributed by atoms with van der Waals surface area (Å²) in [5.41, 5.74) is 6.29. The highest BCUT2D eigenvalue weighted by Gasteiger charge is 2.52. The highest BCUT2D eigenvalue weighted by Crippen LogP contribution is 2.61. The average molecular weight is 426 g/mol. The van der Waals surface area contributed by atoms with Gasteiger partial charge in [0.25, 0.3) is 0 Å². The van der Waals surface area contributed by atoms with Crippen molar-refractivity contribution in [2.45, 2.75) is 62.3 Å². The second-order valence-electron chi connectivity index (χ2n) is 11.6. The van der Waals surface area contributed by atoms with Crippen molar-refractivity contribution in [2.24, 2.45) is 23.7 Å². The molecule has 2 aromatic carbocycles. The predicted molar refractivity (Wildman–Crippen MR) is 125 cm³/mol. The van der Waals surface area contributed by atoms with E-state index in [0.717, 1.165) is 35.7 Å². The molecule has 0 radical (unpaired) electrons. The molecule has 0 unspecified atom stereocenters. The van der Waals surface area contributed by atoms with Gasteiger partial charge in [0.2, 0.25) is 6.79 Å². The SMILES string of the molecule is C1=C[C@H]2c3cc(C45CC6CC(CC(C6)C4)C5)ccc3N[C@@H](c3ccc4c(c3)OCO4)[C@H]2C1. The van der Waals surface area contributed by atoms with Gasteiger partial charge in [-0.25, -0.2) is 0 Å². The largest absolute Gasteiger partial charge is 0.454 e. The van der Waals surface area contributed by atoms with Crippen molar-refractivity contribution in [1.82, 2.24) is 0 Å². The van der Waals surface area contributed by atoms with Crippen molar-refractivity contribution < 1.29 is 9.47 Å². The molecule has 7 aliphatic rings. The summed E-state index contributed by atoms with van der Waals surface area (Å²) in [5, 5.41) is 3.94. The van der Waals surface area contributed by atoms with Crippen molar-refractivity contribution in [3.05, 3.63) is 65.2 Å². The van der Waals surface area contributed by atoms with E-state index in [9.17, 15) is 0 Å². The van der Waals surface area contributed by atoms with Crippen LogP contribution >= 0.6 is 0 Å². The van der Waals surface area contributed by atoms with E-state index in [-0.39, 0.29) is 0 Å². The summed E-state index contributed by atoms with van der Waals surface area (Å²) in [5.74, 6) is 5.80. The Labute approximate surface area is 190 Å². The van der Waals surface area contributed by atoms with E-state index in [1.807, 2.05) is 0 Å². The van der Waals surface area contributed by atoms with Crippen LogP contribution in [0.3, 0.4) is 0 Å². The fraction of sp³-hybridized carbons (Fsp3) is 0.517.